The molecule has 0 radical (unpaired) electrons. The summed E-state index contributed by atoms with van der Waals surface area (Å²) in [6, 6.07) is 8.32. The van der Waals surface area contributed by atoms with E-state index >= 15 is 0 Å². The minimum Gasteiger partial charge on any atom is -0.380 e. The first-order valence-corrected chi connectivity index (χ1v) is 8.12. The summed E-state index contributed by atoms with van der Waals surface area (Å²) in [5.74, 6) is -0.333. The molecule has 1 unspecified atom stereocenters. The highest BCUT2D eigenvalue weighted by molar-refractivity contribution is 7.85. The molecular formula is C11H20NO4PS. The number of ether oxygens (including phenoxy) is 1. The second-order valence-corrected chi connectivity index (χ2v) is 6.69. The highest BCUT2D eigenvalue weighted by Gasteiger charge is 2.03. The minimum absolute atomic E-state index is 0. The van der Waals surface area contributed by atoms with Crippen LogP contribution in [0.2, 0.25) is 0 Å². The number of aryl methyl sites for hydroxylation is 1. The summed E-state index contributed by atoms with van der Waals surface area (Å²) >= 11 is 0. The largest absolute Gasteiger partial charge is 0.380 e. The smallest absolute Gasteiger partial charge is 0.267 e. The molecule has 0 fully saturated rings. The fourth-order valence-electron chi connectivity index (χ4n) is 1.21. The Balaban J connectivity index is 0.00000289. The van der Waals surface area contributed by atoms with E-state index in [0.29, 0.717) is 15.2 Å². The van der Waals surface area contributed by atoms with Crippen LogP contribution in [0.5, 0.6) is 0 Å². The molecule has 0 aliphatic heterocycles. The minimum atomic E-state index is -3.89. The third-order valence-electron chi connectivity index (χ3n) is 2.11. The van der Waals surface area contributed by atoms with Gasteiger partial charge in [0.15, 0.2) is 0 Å². The van der Waals surface area contributed by atoms with Crippen molar-refractivity contribution in [1.82, 2.24) is 6.15 Å². The summed E-state index contributed by atoms with van der Waals surface area (Å²) in [6.45, 7) is 2.62. The van der Waals surface area contributed by atoms with Gasteiger partial charge >= 0.3 is 0 Å². The number of hydrogen-bond acceptors (Lipinski definition) is 4. The van der Waals surface area contributed by atoms with E-state index in [1.807, 2.05) is 6.92 Å². The molecule has 0 amide bonds. The van der Waals surface area contributed by atoms with Crippen LogP contribution < -0.4 is 11.5 Å². The van der Waals surface area contributed by atoms with Crippen molar-refractivity contribution in [3.05, 3.63) is 29.8 Å². The van der Waals surface area contributed by atoms with Crippen molar-refractivity contribution in [3.63, 3.8) is 0 Å². The fourth-order valence-corrected chi connectivity index (χ4v) is 2.47. The average molecular weight is 293 g/mol. The number of benzene rings is 1. The van der Waals surface area contributed by atoms with Gasteiger partial charge in [0.05, 0.1) is 19.0 Å². The lowest BCUT2D eigenvalue weighted by molar-refractivity contribution is 0.164. The summed E-state index contributed by atoms with van der Waals surface area (Å²) in [6.07, 6.45) is 0.870. The van der Waals surface area contributed by atoms with Crippen LogP contribution >= 0.6 is 8.58 Å². The summed E-state index contributed by atoms with van der Waals surface area (Å²) < 4.78 is 34.4. The first kappa shape index (κ1) is 17.5. The second kappa shape index (κ2) is 8.56. The molecule has 1 rings (SSSR count). The van der Waals surface area contributed by atoms with E-state index < -0.39 is 10.1 Å². The Morgan fingerprint density at radius 2 is 1.83 bits per heavy atom. The first-order valence-electron chi connectivity index (χ1n) is 5.31. The molecule has 0 bridgehead atoms. The quantitative estimate of drug-likeness (QED) is 0.449. The van der Waals surface area contributed by atoms with Gasteiger partial charge in [0, 0.05) is 0 Å². The molecule has 0 saturated heterocycles. The van der Waals surface area contributed by atoms with Crippen LogP contribution in [0, 0.1) is 6.92 Å². The van der Waals surface area contributed by atoms with Gasteiger partial charge in [-0.3, -0.25) is 4.55 Å². The van der Waals surface area contributed by atoms with E-state index in [2.05, 4.69) is 24.3 Å². The lowest BCUT2D eigenvalue weighted by Crippen LogP contribution is -2.12. The predicted molar refractivity (Wildman–Crippen MR) is 76.3 cm³/mol. The maximum Gasteiger partial charge on any atom is 0.267 e. The topological polar surface area (TPSA) is 98.6 Å². The molecule has 5 nitrogen and oxygen atoms in total. The molecule has 0 aromatic heterocycles. The monoisotopic (exact) mass is 293 g/mol. The lowest BCUT2D eigenvalue weighted by Gasteiger charge is -2.04. The maximum atomic E-state index is 10.4. The molecule has 7 heteroatoms. The third-order valence-corrected chi connectivity index (χ3v) is 3.99. The van der Waals surface area contributed by atoms with Crippen molar-refractivity contribution in [1.29, 1.82) is 0 Å². The van der Waals surface area contributed by atoms with Gasteiger partial charge in [-0.2, -0.15) is 8.42 Å². The Hall–Kier alpha value is -0.520. The number of hydrogen-bond donors (Lipinski definition) is 2. The van der Waals surface area contributed by atoms with Gasteiger partial charge in [-0.1, -0.05) is 38.4 Å². The molecule has 1 atom stereocenters. The van der Waals surface area contributed by atoms with E-state index in [-0.39, 0.29) is 18.5 Å². The van der Waals surface area contributed by atoms with Gasteiger partial charge in [-0.15, -0.1) is 0 Å². The van der Waals surface area contributed by atoms with Gasteiger partial charge in [0.25, 0.3) is 10.1 Å². The van der Waals surface area contributed by atoms with Gasteiger partial charge in [-0.25, -0.2) is 0 Å². The Morgan fingerprint density at radius 1 is 1.22 bits per heavy atom. The molecule has 0 aliphatic carbocycles. The molecule has 0 spiro atoms. The second-order valence-electron chi connectivity index (χ2n) is 3.69. The SMILES string of the molecule is Cc1ccc(PCCOCCS(=O)(=O)O)cc1.N. The average Bonchev–Trinajstić information content (AvgIpc) is 2.24. The van der Waals surface area contributed by atoms with Crippen LogP contribution in [0.3, 0.4) is 0 Å². The zero-order valence-corrected chi connectivity index (χ0v) is 12.2. The van der Waals surface area contributed by atoms with E-state index in [1.165, 1.54) is 10.9 Å². The van der Waals surface area contributed by atoms with Crippen molar-refractivity contribution >= 4 is 24.0 Å². The zero-order chi connectivity index (χ0) is 12.7. The molecule has 1 aromatic carbocycles. The Kier molecular flexibility index (Phi) is 8.31. The van der Waals surface area contributed by atoms with E-state index in [9.17, 15) is 8.42 Å². The highest BCUT2D eigenvalue weighted by atomic mass is 32.2. The van der Waals surface area contributed by atoms with Gasteiger partial charge in [0.2, 0.25) is 0 Å². The predicted octanol–water partition coefficient (Wildman–Crippen LogP) is 1.37. The van der Waals surface area contributed by atoms with Crippen LogP contribution in [0.4, 0.5) is 0 Å². The number of rotatable bonds is 7. The fraction of sp³-hybridized carbons (Fsp3) is 0.455. The summed E-state index contributed by atoms with van der Waals surface area (Å²) in [5.41, 5.74) is 1.24. The summed E-state index contributed by atoms with van der Waals surface area (Å²) in [4.78, 5) is 0. The standard InChI is InChI=1S/C11H17O4PS.H3N/c1-10-2-4-11(5-3-10)16-8-6-15-7-9-17(12,13)14;/h2-5,16H,6-9H2,1H3,(H,12,13,14);1H3. The molecule has 0 saturated carbocycles. The Morgan fingerprint density at radius 3 is 2.39 bits per heavy atom. The van der Waals surface area contributed by atoms with Gasteiger partial charge in [0.1, 0.15) is 0 Å². The van der Waals surface area contributed by atoms with E-state index in [0.717, 1.165) is 6.16 Å². The molecule has 4 N–H and O–H groups in total. The maximum absolute atomic E-state index is 10.4. The summed E-state index contributed by atoms with van der Waals surface area (Å²) in [5, 5.41) is 1.27. The molecule has 18 heavy (non-hydrogen) atoms. The lowest BCUT2D eigenvalue weighted by atomic mass is 10.2. The summed E-state index contributed by atoms with van der Waals surface area (Å²) in [7, 11) is -3.23. The van der Waals surface area contributed by atoms with E-state index in [4.69, 9.17) is 9.29 Å². The van der Waals surface area contributed by atoms with Crippen LogP contribution in [0.1, 0.15) is 5.56 Å². The molecule has 104 valence electrons. The normalized spacial score (nSPS) is 11.7. The van der Waals surface area contributed by atoms with Crippen molar-refractivity contribution in [2.45, 2.75) is 6.92 Å². The van der Waals surface area contributed by atoms with E-state index in [1.54, 1.807) is 0 Å². The van der Waals surface area contributed by atoms with Gasteiger partial charge in [-0.05, 0) is 18.4 Å². The van der Waals surface area contributed by atoms with Crippen LogP contribution in [-0.2, 0) is 14.9 Å². The molecular weight excluding hydrogens is 273 g/mol. The van der Waals surface area contributed by atoms with Crippen molar-refractivity contribution in [2.75, 3.05) is 25.1 Å². The van der Waals surface area contributed by atoms with Crippen molar-refractivity contribution in [2.24, 2.45) is 0 Å². The molecule has 0 heterocycles. The molecule has 0 aliphatic rings. The highest BCUT2D eigenvalue weighted by Crippen LogP contribution is 2.10. The van der Waals surface area contributed by atoms with Crippen LogP contribution in [0.25, 0.3) is 0 Å². The third kappa shape index (κ3) is 8.55. The first-order chi connectivity index (χ1) is 7.97. The zero-order valence-electron chi connectivity index (χ0n) is 10.4. The van der Waals surface area contributed by atoms with Crippen molar-refractivity contribution in [3.8, 4) is 0 Å². The Labute approximate surface area is 110 Å². The van der Waals surface area contributed by atoms with Crippen LogP contribution in [0.15, 0.2) is 24.3 Å². The van der Waals surface area contributed by atoms with Crippen LogP contribution in [-0.4, -0.2) is 38.1 Å². The molecule has 1 aromatic rings. The van der Waals surface area contributed by atoms with Crippen molar-refractivity contribution < 1.29 is 17.7 Å². The Bertz CT molecular complexity index is 433. The van der Waals surface area contributed by atoms with Gasteiger partial charge < -0.3 is 10.9 Å².